The molecule has 4 aliphatic rings. The van der Waals surface area contributed by atoms with Crippen LogP contribution >= 0.6 is 0 Å². The van der Waals surface area contributed by atoms with Crippen molar-refractivity contribution in [3.8, 4) is 11.1 Å². The Kier molecular flexibility index (Phi) is 5.01. The Morgan fingerprint density at radius 3 is 2.45 bits per heavy atom. The second-order valence-electron chi connectivity index (χ2n) is 11.3. The number of aromatic amines is 2. The number of H-pyrrole nitrogens is 2. The van der Waals surface area contributed by atoms with Gasteiger partial charge in [-0.3, -0.25) is 14.5 Å². The Hall–Kier alpha value is -4.42. The first-order chi connectivity index (χ1) is 19.6. The van der Waals surface area contributed by atoms with Gasteiger partial charge in [0, 0.05) is 52.4 Å². The number of pyridine rings is 1. The highest BCUT2D eigenvalue weighted by molar-refractivity contribution is 5.92. The highest BCUT2D eigenvalue weighted by atomic mass is 16.5. The van der Waals surface area contributed by atoms with Crippen LogP contribution in [0.4, 0.5) is 0 Å². The molecule has 3 aliphatic heterocycles. The number of esters is 1. The van der Waals surface area contributed by atoms with Gasteiger partial charge in [-0.05, 0) is 41.2 Å². The molecule has 3 aromatic carbocycles. The SMILES string of the molecule is COC(=O)C12CC3c4c(-c5ccccc5)c[nH]c(=O)c4[C@H]1N(CCc1c2[nH]c2ccccc12)C3c1ccccc1. The van der Waals surface area contributed by atoms with E-state index in [4.69, 9.17) is 4.74 Å². The number of benzene rings is 3. The molecule has 2 aromatic heterocycles. The van der Waals surface area contributed by atoms with Crippen molar-refractivity contribution in [2.45, 2.75) is 36.3 Å². The van der Waals surface area contributed by atoms with Gasteiger partial charge in [0.25, 0.3) is 5.56 Å². The maximum atomic E-state index is 14.2. The lowest BCUT2D eigenvalue weighted by molar-refractivity contribution is -0.157. The lowest BCUT2D eigenvalue weighted by atomic mass is 9.55. The summed E-state index contributed by atoms with van der Waals surface area (Å²) >= 11 is 0. The molecule has 5 heterocycles. The van der Waals surface area contributed by atoms with E-state index in [9.17, 15) is 9.59 Å². The van der Waals surface area contributed by atoms with Gasteiger partial charge in [0.05, 0.1) is 13.2 Å². The normalized spacial score (nSPS) is 26.1. The third-order valence-electron chi connectivity index (χ3n) is 9.55. The Balaban J connectivity index is 1.48. The van der Waals surface area contributed by atoms with Gasteiger partial charge in [-0.25, -0.2) is 0 Å². The second-order valence-corrected chi connectivity index (χ2v) is 11.3. The van der Waals surface area contributed by atoms with Crippen LogP contribution in [0.25, 0.3) is 22.0 Å². The standard InChI is InChI=1S/C34H29N3O3/c1-40-33(39)34-18-24-27-25(20-10-4-2-5-11-20)19-35-32(38)28(27)31(34)37(29(24)21-12-6-3-7-13-21)17-16-23-22-14-8-9-15-26(22)36-30(23)34/h2-15,19,24,29,31,36H,16-18H2,1H3,(H,35,38)/t24?,29?,31-,34?/m1/s1. The number of rotatable bonds is 3. The quantitative estimate of drug-likeness (QED) is 0.292. The number of carbonyl (C=O) groups excluding carboxylic acids is 1. The largest absolute Gasteiger partial charge is 0.468 e. The van der Waals surface area contributed by atoms with Crippen LogP contribution in [0.5, 0.6) is 0 Å². The molecule has 0 amide bonds. The molecule has 5 atom stereocenters. The van der Waals surface area contributed by atoms with Crippen LogP contribution in [0.1, 0.15) is 52.4 Å². The van der Waals surface area contributed by atoms with Crippen LogP contribution in [-0.4, -0.2) is 34.5 Å². The molecule has 1 saturated heterocycles. The van der Waals surface area contributed by atoms with E-state index in [2.05, 4.69) is 63.4 Å². The Bertz CT molecular complexity index is 1840. The summed E-state index contributed by atoms with van der Waals surface area (Å²) in [5.74, 6) is -0.389. The summed E-state index contributed by atoms with van der Waals surface area (Å²) < 4.78 is 5.64. The molecule has 40 heavy (non-hydrogen) atoms. The smallest absolute Gasteiger partial charge is 0.319 e. The number of nitrogens with zero attached hydrogens (tertiary/aromatic N) is 1. The van der Waals surface area contributed by atoms with Crippen molar-refractivity contribution in [3.63, 3.8) is 0 Å². The van der Waals surface area contributed by atoms with Crippen molar-refractivity contribution in [1.82, 2.24) is 14.9 Å². The van der Waals surface area contributed by atoms with E-state index in [-0.39, 0.29) is 23.5 Å². The van der Waals surface area contributed by atoms with Gasteiger partial charge in [0.2, 0.25) is 0 Å². The Morgan fingerprint density at radius 1 is 0.950 bits per heavy atom. The molecule has 4 bridgehead atoms. The maximum absolute atomic E-state index is 14.2. The van der Waals surface area contributed by atoms with Gasteiger partial charge in [0.15, 0.2) is 0 Å². The molecule has 0 spiro atoms. The molecule has 6 nitrogen and oxygen atoms in total. The van der Waals surface area contributed by atoms with Crippen LogP contribution in [-0.2, 0) is 21.4 Å². The van der Waals surface area contributed by atoms with E-state index in [1.807, 2.05) is 42.6 Å². The van der Waals surface area contributed by atoms with E-state index >= 15 is 0 Å². The Labute approximate surface area is 231 Å². The molecule has 9 rings (SSSR count). The molecule has 2 N–H and O–H groups in total. The van der Waals surface area contributed by atoms with Crippen LogP contribution in [0, 0.1) is 0 Å². The number of hydrogen-bond donors (Lipinski definition) is 2. The van der Waals surface area contributed by atoms with Crippen molar-refractivity contribution in [3.05, 3.63) is 129 Å². The first-order valence-corrected chi connectivity index (χ1v) is 13.9. The molecule has 198 valence electrons. The summed E-state index contributed by atoms with van der Waals surface area (Å²) in [6.45, 7) is 0.725. The monoisotopic (exact) mass is 527 g/mol. The average molecular weight is 528 g/mol. The van der Waals surface area contributed by atoms with Crippen LogP contribution in [0.15, 0.2) is 95.9 Å². The molecular formula is C34H29N3O3. The van der Waals surface area contributed by atoms with Gasteiger partial charge >= 0.3 is 5.97 Å². The van der Waals surface area contributed by atoms with E-state index in [1.165, 1.54) is 12.7 Å². The van der Waals surface area contributed by atoms with Crippen molar-refractivity contribution < 1.29 is 9.53 Å². The third-order valence-corrected chi connectivity index (χ3v) is 9.55. The average Bonchev–Trinajstić information content (AvgIpc) is 3.34. The number of fused-ring (bicyclic) bond motifs is 3. The summed E-state index contributed by atoms with van der Waals surface area (Å²) in [5, 5.41) is 1.13. The summed E-state index contributed by atoms with van der Waals surface area (Å²) in [4.78, 5) is 37.3. The van der Waals surface area contributed by atoms with E-state index < -0.39 is 11.5 Å². The lowest BCUT2D eigenvalue weighted by Crippen LogP contribution is -2.61. The number of aromatic nitrogens is 2. The van der Waals surface area contributed by atoms with Crippen LogP contribution in [0.3, 0.4) is 0 Å². The number of carbonyl (C=O) groups is 1. The predicted molar refractivity (Wildman–Crippen MR) is 154 cm³/mol. The van der Waals surface area contributed by atoms with Crippen molar-refractivity contribution in [2.75, 3.05) is 13.7 Å². The Morgan fingerprint density at radius 2 is 1.68 bits per heavy atom. The fraction of sp³-hybridized carbons (Fsp3) is 0.235. The minimum atomic E-state index is -1.04. The molecule has 1 fully saturated rings. The zero-order chi connectivity index (χ0) is 27.0. The van der Waals surface area contributed by atoms with E-state index in [0.717, 1.165) is 51.8 Å². The van der Waals surface area contributed by atoms with Gasteiger partial charge in [-0.15, -0.1) is 0 Å². The molecule has 0 saturated carbocycles. The first kappa shape index (κ1) is 23.5. The molecule has 5 aromatic rings. The number of nitrogens with one attached hydrogen (secondary N) is 2. The first-order valence-electron chi connectivity index (χ1n) is 13.9. The fourth-order valence-corrected chi connectivity index (χ4v) is 8.15. The lowest BCUT2D eigenvalue weighted by Gasteiger charge is -2.58. The predicted octanol–water partition coefficient (Wildman–Crippen LogP) is 5.78. The van der Waals surface area contributed by atoms with Gasteiger partial charge in [-0.2, -0.15) is 0 Å². The number of ether oxygens (including phenoxy) is 1. The molecular weight excluding hydrogens is 498 g/mol. The minimum absolute atomic E-state index is 0.0241. The minimum Gasteiger partial charge on any atom is -0.468 e. The van der Waals surface area contributed by atoms with E-state index in [0.29, 0.717) is 12.0 Å². The summed E-state index contributed by atoms with van der Waals surface area (Å²) in [6, 6.07) is 28.6. The molecule has 4 unspecified atom stereocenters. The molecule has 0 radical (unpaired) electrons. The number of methoxy groups -OCH3 is 1. The highest BCUT2D eigenvalue weighted by Crippen LogP contribution is 2.66. The van der Waals surface area contributed by atoms with Crippen LogP contribution < -0.4 is 5.56 Å². The van der Waals surface area contributed by atoms with Crippen molar-refractivity contribution in [1.29, 1.82) is 0 Å². The molecule has 1 aliphatic carbocycles. The van der Waals surface area contributed by atoms with Crippen LogP contribution in [0.2, 0.25) is 0 Å². The number of para-hydroxylation sites is 1. The number of hydrogen-bond acceptors (Lipinski definition) is 4. The van der Waals surface area contributed by atoms with Gasteiger partial charge < -0.3 is 14.7 Å². The highest BCUT2D eigenvalue weighted by Gasteiger charge is 2.66. The van der Waals surface area contributed by atoms with Crippen molar-refractivity contribution in [2.24, 2.45) is 0 Å². The fourth-order valence-electron chi connectivity index (χ4n) is 8.15. The zero-order valence-corrected chi connectivity index (χ0v) is 22.2. The summed E-state index contributed by atoms with van der Waals surface area (Å²) in [6.07, 6.45) is 3.18. The molecule has 6 heteroatoms. The summed E-state index contributed by atoms with van der Waals surface area (Å²) in [7, 11) is 1.47. The van der Waals surface area contributed by atoms with Crippen molar-refractivity contribution >= 4 is 16.9 Å². The third kappa shape index (κ3) is 2.97. The maximum Gasteiger partial charge on any atom is 0.319 e. The van der Waals surface area contributed by atoms with E-state index in [1.54, 1.807) is 0 Å². The topological polar surface area (TPSA) is 78.2 Å². The number of piperidine rings is 1. The van der Waals surface area contributed by atoms with Gasteiger partial charge in [0.1, 0.15) is 5.41 Å². The second kappa shape index (κ2) is 8.54. The zero-order valence-electron chi connectivity index (χ0n) is 22.2. The summed E-state index contributed by atoms with van der Waals surface area (Å²) in [5.41, 5.74) is 6.95. The van der Waals surface area contributed by atoms with Gasteiger partial charge in [-0.1, -0.05) is 78.9 Å².